The maximum Gasteiger partial charge on any atom is 0.321 e. The van der Waals surface area contributed by atoms with Crippen LogP contribution in [-0.4, -0.2) is 75.1 Å². The third kappa shape index (κ3) is 4.87. The fourth-order valence-electron chi connectivity index (χ4n) is 3.24. The van der Waals surface area contributed by atoms with Gasteiger partial charge in [-0.1, -0.05) is 11.2 Å². The summed E-state index contributed by atoms with van der Waals surface area (Å²) in [5.74, 6) is -2.17. The second kappa shape index (κ2) is 9.62. The van der Waals surface area contributed by atoms with Crippen LogP contribution in [0.25, 0.3) is 0 Å². The van der Waals surface area contributed by atoms with Crippen molar-refractivity contribution in [1.29, 1.82) is 0 Å². The zero-order chi connectivity index (χ0) is 25.3. The second-order valence-corrected chi connectivity index (χ2v) is 10.7. The zero-order valence-electron chi connectivity index (χ0n) is 18.8. The first-order chi connectivity index (χ1) is 15.9. The molecule has 2 aliphatic heterocycles. The van der Waals surface area contributed by atoms with Crippen molar-refractivity contribution < 1.29 is 33.9 Å². The summed E-state index contributed by atoms with van der Waals surface area (Å²) in [5.41, 5.74) is 3.33. The lowest BCUT2D eigenvalue weighted by atomic mass is 9.87. The highest BCUT2D eigenvalue weighted by atomic mass is 32.2. The van der Waals surface area contributed by atoms with E-state index in [-0.39, 0.29) is 28.8 Å². The maximum absolute atomic E-state index is 12.7. The van der Waals surface area contributed by atoms with Gasteiger partial charge in [-0.3, -0.25) is 19.2 Å². The largest absolute Gasteiger partial charge is 0.427 e. The van der Waals surface area contributed by atoms with E-state index in [1.807, 2.05) is 0 Å². The number of fused-ring (bicyclic) bond motifs is 1. The number of rotatable bonds is 7. The molecule has 3 atom stereocenters. The average molecular weight is 512 g/mol. The number of aromatic nitrogens is 1. The highest BCUT2D eigenvalue weighted by molar-refractivity contribution is 8.00. The fraction of sp³-hybridized carbons (Fsp3) is 0.500. The molecule has 2 fully saturated rings. The van der Waals surface area contributed by atoms with Crippen molar-refractivity contribution >= 4 is 57.7 Å². The van der Waals surface area contributed by atoms with Crippen LogP contribution in [0.3, 0.4) is 0 Å². The lowest BCUT2D eigenvalue weighted by Crippen LogP contribution is -2.73. The van der Waals surface area contributed by atoms with Crippen molar-refractivity contribution in [3.63, 3.8) is 0 Å². The number of esters is 2. The molecule has 4 N–H and O–H groups in total. The topological polar surface area (TPSA) is 174 Å². The van der Waals surface area contributed by atoms with E-state index >= 15 is 0 Å². The molecule has 0 aromatic carbocycles. The van der Waals surface area contributed by atoms with Crippen molar-refractivity contribution in [3.05, 3.63) is 23.7 Å². The fourth-order valence-corrected chi connectivity index (χ4v) is 5.32. The summed E-state index contributed by atoms with van der Waals surface area (Å²) in [6.07, 6.45) is 1.41. The number of anilines is 1. The van der Waals surface area contributed by atoms with E-state index in [0.29, 0.717) is 0 Å². The van der Waals surface area contributed by atoms with E-state index in [9.17, 15) is 24.4 Å². The summed E-state index contributed by atoms with van der Waals surface area (Å²) >= 11 is 2.34. The van der Waals surface area contributed by atoms with Crippen molar-refractivity contribution in [2.24, 2.45) is 16.0 Å². The number of nitrogens with zero attached hydrogens (tertiary/aromatic N) is 3. The van der Waals surface area contributed by atoms with E-state index in [2.05, 4.69) is 22.0 Å². The Bertz CT molecular complexity index is 1050. The summed E-state index contributed by atoms with van der Waals surface area (Å²) in [4.78, 5) is 55.2. The van der Waals surface area contributed by atoms with Gasteiger partial charge < -0.3 is 30.6 Å². The molecule has 14 heteroatoms. The van der Waals surface area contributed by atoms with Crippen molar-refractivity contribution in [2.45, 2.75) is 32.2 Å². The molecule has 1 aromatic rings. The van der Waals surface area contributed by atoms with Crippen molar-refractivity contribution in [1.82, 2.24) is 15.2 Å². The number of nitrogens with one attached hydrogen (secondary N) is 1. The van der Waals surface area contributed by atoms with Crippen LogP contribution < -0.4 is 11.1 Å². The molecule has 34 heavy (non-hydrogen) atoms. The standard InChI is InChI=1S/C20H25N5O7S2/c1-5-20(17(29)32-9-31-16(28)19(2,3)4)7-25-14(27)12(15(25)34-8-20)23-13(26)11(24-30)10-6-33-18(21)22-10/h5-6,12,15,30H,1,7-9H2,2-4H3,(H2,21,22)(H,23,26)/t12?,15-,20?/m1/s1. The molecular weight excluding hydrogens is 486 g/mol. The Labute approximate surface area is 203 Å². The Kier molecular flexibility index (Phi) is 7.21. The lowest BCUT2D eigenvalue weighted by Gasteiger charge is -2.53. The summed E-state index contributed by atoms with van der Waals surface area (Å²) < 4.78 is 10.1. The molecule has 0 spiro atoms. The Morgan fingerprint density at radius 3 is 2.71 bits per heavy atom. The van der Waals surface area contributed by atoms with Gasteiger partial charge in [-0.25, -0.2) is 4.98 Å². The molecule has 2 unspecified atom stereocenters. The molecule has 2 amide bonds. The van der Waals surface area contributed by atoms with E-state index in [1.54, 1.807) is 20.8 Å². The number of thioether (sulfide) groups is 1. The van der Waals surface area contributed by atoms with Crippen LogP contribution in [0, 0.1) is 10.8 Å². The zero-order valence-corrected chi connectivity index (χ0v) is 20.4. The van der Waals surface area contributed by atoms with E-state index in [1.165, 1.54) is 28.1 Å². The number of amides is 2. The number of β-lactam (4-membered cyclic amide) rings is 1. The summed E-state index contributed by atoms with van der Waals surface area (Å²) in [7, 11) is 0. The number of ether oxygens (including phenoxy) is 2. The molecule has 1 aromatic heterocycles. The number of hydrogen-bond acceptors (Lipinski definition) is 12. The van der Waals surface area contributed by atoms with Crippen LogP contribution in [0.5, 0.6) is 0 Å². The van der Waals surface area contributed by atoms with Gasteiger partial charge >= 0.3 is 11.9 Å². The van der Waals surface area contributed by atoms with Crippen LogP contribution in [0.2, 0.25) is 0 Å². The molecule has 0 bridgehead atoms. The molecule has 2 saturated heterocycles. The number of nitrogens with two attached hydrogens (primary N) is 1. The third-order valence-electron chi connectivity index (χ3n) is 5.26. The molecule has 0 radical (unpaired) electrons. The maximum atomic E-state index is 12.7. The van der Waals surface area contributed by atoms with Crippen LogP contribution >= 0.6 is 23.1 Å². The minimum Gasteiger partial charge on any atom is -0.427 e. The number of thiazole rings is 1. The van der Waals surface area contributed by atoms with Gasteiger partial charge in [0.15, 0.2) is 10.8 Å². The first kappa shape index (κ1) is 25.5. The first-order valence-corrected chi connectivity index (χ1v) is 12.0. The van der Waals surface area contributed by atoms with Crippen LogP contribution in [-0.2, 0) is 28.7 Å². The van der Waals surface area contributed by atoms with Gasteiger partial charge in [-0.2, -0.15) is 0 Å². The SMILES string of the molecule is C=CC1(C(=O)OCOC(=O)C(C)(C)C)CS[C@@H]2C(NC(=O)C(=NO)c3csc(N)n3)C(=O)N2C1. The van der Waals surface area contributed by atoms with Crippen LogP contribution in [0.15, 0.2) is 23.2 Å². The smallest absolute Gasteiger partial charge is 0.321 e. The Morgan fingerprint density at radius 2 is 2.15 bits per heavy atom. The molecule has 2 aliphatic rings. The molecule has 0 aliphatic carbocycles. The molecule has 3 rings (SSSR count). The number of carbonyl (C=O) groups is 4. The van der Waals surface area contributed by atoms with E-state index in [0.717, 1.165) is 11.3 Å². The molecular formula is C20H25N5O7S2. The molecule has 184 valence electrons. The third-order valence-corrected chi connectivity index (χ3v) is 7.49. The lowest BCUT2D eigenvalue weighted by molar-refractivity contribution is -0.178. The quantitative estimate of drug-likeness (QED) is 0.0893. The molecule has 0 saturated carbocycles. The normalized spacial score (nSPS) is 24.5. The Hall–Kier alpha value is -3.13. The highest BCUT2D eigenvalue weighted by Crippen LogP contribution is 2.43. The van der Waals surface area contributed by atoms with Gasteiger partial charge in [-0.15, -0.1) is 29.7 Å². The molecule has 12 nitrogen and oxygen atoms in total. The van der Waals surface area contributed by atoms with Crippen LogP contribution in [0.4, 0.5) is 5.13 Å². The van der Waals surface area contributed by atoms with Gasteiger partial charge in [0.1, 0.15) is 22.5 Å². The minimum atomic E-state index is -1.20. The highest BCUT2D eigenvalue weighted by Gasteiger charge is 2.57. The first-order valence-electron chi connectivity index (χ1n) is 10.1. The summed E-state index contributed by atoms with van der Waals surface area (Å²) in [6, 6.07) is -0.878. The van der Waals surface area contributed by atoms with Gasteiger partial charge in [0.05, 0.1) is 5.41 Å². The van der Waals surface area contributed by atoms with Gasteiger partial charge in [-0.05, 0) is 20.8 Å². The van der Waals surface area contributed by atoms with E-state index in [4.69, 9.17) is 15.2 Å². The predicted octanol–water partition coefficient (Wildman–Crippen LogP) is 0.566. The van der Waals surface area contributed by atoms with Gasteiger partial charge in [0.25, 0.3) is 5.91 Å². The van der Waals surface area contributed by atoms with Gasteiger partial charge in [0.2, 0.25) is 12.7 Å². The number of carbonyl (C=O) groups excluding carboxylic acids is 4. The number of nitrogen functional groups attached to an aromatic ring is 1. The van der Waals surface area contributed by atoms with Gasteiger partial charge in [0, 0.05) is 17.7 Å². The van der Waals surface area contributed by atoms with Crippen molar-refractivity contribution in [3.8, 4) is 0 Å². The Morgan fingerprint density at radius 1 is 1.44 bits per heavy atom. The second-order valence-electron chi connectivity index (χ2n) is 8.73. The summed E-state index contributed by atoms with van der Waals surface area (Å²) in [5, 5.41) is 16.0. The number of hydrogen-bond donors (Lipinski definition) is 3. The van der Waals surface area contributed by atoms with Crippen molar-refractivity contribution in [2.75, 3.05) is 24.8 Å². The Balaban J connectivity index is 1.59. The monoisotopic (exact) mass is 511 g/mol. The number of oxime groups is 1. The summed E-state index contributed by atoms with van der Waals surface area (Å²) in [6.45, 7) is 8.19. The minimum absolute atomic E-state index is 0.00497. The predicted molar refractivity (Wildman–Crippen MR) is 124 cm³/mol. The average Bonchev–Trinajstić information content (AvgIpc) is 3.22. The van der Waals surface area contributed by atoms with E-state index < -0.39 is 52.8 Å². The van der Waals surface area contributed by atoms with Crippen LogP contribution in [0.1, 0.15) is 26.5 Å². The molecule has 3 heterocycles.